The van der Waals surface area contributed by atoms with E-state index in [-0.39, 0.29) is 36.7 Å². The molecule has 32 heavy (non-hydrogen) atoms. The molecule has 164 valence electrons. The molecule has 8 nitrogen and oxygen atoms in total. The number of thiazole rings is 1. The Hall–Kier alpha value is -3.51. The van der Waals surface area contributed by atoms with Gasteiger partial charge in [-0.2, -0.15) is 5.26 Å². The fraction of sp³-hybridized carbons (Fsp3) is 0.348. The first-order valence-electron chi connectivity index (χ1n) is 10.4. The van der Waals surface area contributed by atoms with Gasteiger partial charge in [-0.25, -0.2) is 4.98 Å². The van der Waals surface area contributed by atoms with Crippen molar-refractivity contribution in [2.45, 2.75) is 44.2 Å². The summed E-state index contributed by atoms with van der Waals surface area (Å²) in [5.41, 5.74) is 2.17. The van der Waals surface area contributed by atoms with Gasteiger partial charge in [0.15, 0.2) is 0 Å². The molecule has 1 saturated carbocycles. The lowest BCUT2D eigenvalue weighted by atomic mass is 9.97. The molecule has 1 fully saturated rings. The van der Waals surface area contributed by atoms with Crippen molar-refractivity contribution in [3.05, 3.63) is 47.0 Å². The van der Waals surface area contributed by atoms with Gasteiger partial charge in [0.05, 0.1) is 35.3 Å². The van der Waals surface area contributed by atoms with Gasteiger partial charge >= 0.3 is 0 Å². The van der Waals surface area contributed by atoms with Crippen molar-refractivity contribution in [2.24, 2.45) is 0 Å². The highest BCUT2D eigenvalue weighted by Crippen LogP contribution is 2.34. The molecule has 1 heterocycles. The second kappa shape index (κ2) is 8.93. The number of amides is 3. The number of fused-ring (bicyclic) bond motifs is 1. The predicted molar refractivity (Wildman–Crippen MR) is 121 cm³/mol. The van der Waals surface area contributed by atoms with Crippen molar-refractivity contribution >= 4 is 44.8 Å². The maximum absolute atomic E-state index is 12.2. The third kappa shape index (κ3) is 5.21. The summed E-state index contributed by atoms with van der Waals surface area (Å²) in [6, 6.07) is 8.10. The number of hydrogen-bond acceptors (Lipinski definition) is 6. The van der Waals surface area contributed by atoms with Crippen molar-refractivity contribution in [1.82, 2.24) is 20.9 Å². The lowest BCUT2D eigenvalue weighted by molar-refractivity contribution is -0.126. The highest BCUT2D eigenvalue weighted by molar-refractivity contribution is 7.18. The standard InChI is InChI=1S/C23H23N5O3S/c1-14(29)26-17-5-2-15(3-6-17)16-4-7-19-18(10-16)27-22(32-19)11-20(30)25-12-21(31)28-23(13-24)8-9-23/h2-5,7,10,17H,6,8-9,11-12H2,1H3,(H,25,30)(H,26,29)(H,28,31). The number of carbonyl (C=O) groups is 3. The molecule has 0 spiro atoms. The quantitative estimate of drug-likeness (QED) is 0.596. The third-order valence-corrected chi connectivity index (χ3v) is 6.39. The van der Waals surface area contributed by atoms with E-state index in [0.29, 0.717) is 17.8 Å². The van der Waals surface area contributed by atoms with Gasteiger partial charge in [0.1, 0.15) is 10.5 Å². The van der Waals surface area contributed by atoms with Gasteiger partial charge in [0.25, 0.3) is 0 Å². The average Bonchev–Trinajstić information content (AvgIpc) is 3.42. The van der Waals surface area contributed by atoms with E-state index in [1.165, 1.54) is 18.3 Å². The molecule has 2 aliphatic rings. The van der Waals surface area contributed by atoms with E-state index in [9.17, 15) is 14.4 Å². The summed E-state index contributed by atoms with van der Waals surface area (Å²) in [5.74, 6) is -0.698. The molecule has 0 bridgehead atoms. The number of carbonyl (C=O) groups excluding carboxylic acids is 3. The second-order valence-corrected chi connectivity index (χ2v) is 9.16. The van der Waals surface area contributed by atoms with E-state index in [1.54, 1.807) is 0 Å². The Labute approximate surface area is 189 Å². The molecule has 1 unspecified atom stereocenters. The zero-order chi connectivity index (χ0) is 22.7. The first-order valence-corrected chi connectivity index (χ1v) is 11.2. The summed E-state index contributed by atoms with van der Waals surface area (Å²) in [7, 11) is 0. The zero-order valence-electron chi connectivity index (χ0n) is 17.6. The lowest BCUT2D eigenvalue weighted by Gasteiger charge is -2.17. The maximum Gasteiger partial charge on any atom is 0.240 e. The Kier molecular flexibility index (Phi) is 6.06. The molecule has 0 radical (unpaired) electrons. The molecule has 3 N–H and O–H groups in total. The topological polar surface area (TPSA) is 124 Å². The SMILES string of the molecule is CC(=O)NC1C=CC(c2ccc3sc(CC(=O)NCC(=O)NC4(C#N)CC4)nc3c2)=CC1. The Morgan fingerprint density at radius 3 is 2.75 bits per heavy atom. The fourth-order valence-electron chi connectivity index (χ4n) is 3.51. The monoisotopic (exact) mass is 449 g/mol. The number of nitrogens with zero attached hydrogens (tertiary/aromatic N) is 2. The van der Waals surface area contributed by atoms with Crippen LogP contribution in [-0.2, 0) is 20.8 Å². The number of rotatable bonds is 7. The van der Waals surface area contributed by atoms with Crippen LogP contribution in [0.4, 0.5) is 0 Å². The number of hydrogen-bond donors (Lipinski definition) is 3. The van der Waals surface area contributed by atoms with Crippen LogP contribution < -0.4 is 16.0 Å². The van der Waals surface area contributed by atoms with Crippen LogP contribution in [0.25, 0.3) is 15.8 Å². The Bertz CT molecular complexity index is 1190. The van der Waals surface area contributed by atoms with Crippen molar-refractivity contribution in [3.8, 4) is 6.07 Å². The van der Waals surface area contributed by atoms with Gasteiger partial charge in [-0.05, 0) is 42.5 Å². The van der Waals surface area contributed by atoms with Crippen LogP contribution in [0.15, 0.2) is 36.4 Å². The van der Waals surface area contributed by atoms with Crippen molar-refractivity contribution in [2.75, 3.05) is 6.54 Å². The summed E-state index contributed by atoms with van der Waals surface area (Å²) in [5, 5.41) is 17.8. The number of nitriles is 1. The minimum atomic E-state index is -0.736. The largest absolute Gasteiger partial charge is 0.350 e. The third-order valence-electron chi connectivity index (χ3n) is 5.35. The van der Waals surface area contributed by atoms with Gasteiger partial charge in [-0.15, -0.1) is 11.3 Å². The van der Waals surface area contributed by atoms with Crippen LogP contribution in [0.1, 0.15) is 36.8 Å². The molecule has 3 amide bonds. The Morgan fingerprint density at radius 2 is 2.09 bits per heavy atom. The zero-order valence-corrected chi connectivity index (χ0v) is 18.4. The molecule has 1 atom stereocenters. The summed E-state index contributed by atoms with van der Waals surface area (Å²) >= 11 is 1.45. The second-order valence-electron chi connectivity index (χ2n) is 8.05. The molecular formula is C23H23N5O3S. The molecule has 4 rings (SSSR count). The number of aromatic nitrogens is 1. The molecule has 2 aromatic rings. The molecule has 0 aliphatic heterocycles. The number of allylic oxidation sites excluding steroid dienone is 2. The minimum Gasteiger partial charge on any atom is -0.350 e. The summed E-state index contributed by atoms with van der Waals surface area (Å²) in [4.78, 5) is 39.9. The Morgan fingerprint density at radius 1 is 1.28 bits per heavy atom. The van der Waals surface area contributed by atoms with E-state index in [2.05, 4.69) is 33.1 Å². The summed E-state index contributed by atoms with van der Waals surface area (Å²) in [6.45, 7) is 1.35. The number of benzene rings is 1. The van der Waals surface area contributed by atoms with Crippen LogP contribution in [0.5, 0.6) is 0 Å². The van der Waals surface area contributed by atoms with E-state index in [1.807, 2.05) is 30.4 Å². The van der Waals surface area contributed by atoms with Gasteiger partial charge in [0, 0.05) is 6.92 Å². The first-order chi connectivity index (χ1) is 15.4. The molecule has 0 saturated heterocycles. The van der Waals surface area contributed by atoms with E-state index >= 15 is 0 Å². The fourth-order valence-corrected chi connectivity index (χ4v) is 4.46. The smallest absolute Gasteiger partial charge is 0.240 e. The summed E-state index contributed by atoms with van der Waals surface area (Å²) in [6.07, 6.45) is 8.19. The first kappa shape index (κ1) is 21.7. The van der Waals surface area contributed by atoms with Crippen molar-refractivity contribution in [1.29, 1.82) is 5.26 Å². The molecule has 9 heteroatoms. The van der Waals surface area contributed by atoms with Crippen LogP contribution >= 0.6 is 11.3 Å². The highest BCUT2D eigenvalue weighted by atomic mass is 32.1. The van der Waals surface area contributed by atoms with E-state index in [0.717, 1.165) is 27.8 Å². The molecule has 1 aromatic carbocycles. The van der Waals surface area contributed by atoms with Crippen LogP contribution in [-0.4, -0.2) is 40.8 Å². The molecule has 1 aromatic heterocycles. The normalized spacial score (nSPS) is 18.4. The minimum absolute atomic E-state index is 0.0150. The van der Waals surface area contributed by atoms with Crippen LogP contribution in [0.2, 0.25) is 0 Å². The predicted octanol–water partition coefficient (Wildman–Crippen LogP) is 1.98. The van der Waals surface area contributed by atoms with Gasteiger partial charge in [0.2, 0.25) is 17.7 Å². The maximum atomic E-state index is 12.2. The van der Waals surface area contributed by atoms with Crippen LogP contribution in [0.3, 0.4) is 0 Å². The van der Waals surface area contributed by atoms with E-state index < -0.39 is 5.54 Å². The molecular weight excluding hydrogens is 426 g/mol. The summed E-state index contributed by atoms with van der Waals surface area (Å²) < 4.78 is 0.982. The van der Waals surface area contributed by atoms with Gasteiger partial charge < -0.3 is 16.0 Å². The Balaban J connectivity index is 1.34. The lowest BCUT2D eigenvalue weighted by Crippen LogP contribution is -2.43. The van der Waals surface area contributed by atoms with Crippen molar-refractivity contribution in [3.63, 3.8) is 0 Å². The average molecular weight is 450 g/mol. The van der Waals surface area contributed by atoms with E-state index in [4.69, 9.17) is 5.26 Å². The van der Waals surface area contributed by atoms with Gasteiger partial charge in [-0.1, -0.05) is 24.3 Å². The highest BCUT2D eigenvalue weighted by Gasteiger charge is 2.44. The van der Waals surface area contributed by atoms with Gasteiger partial charge in [-0.3, -0.25) is 14.4 Å². The van der Waals surface area contributed by atoms with Crippen molar-refractivity contribution < 1.29 is 14.4 Å². The number of nitrogens with one attached hydrogen (secondary N) is 3. The molecule has 2 aliphatic carbocycles. The van der Waals surface area contributed by atoms with Crippen LogP contribution in [0, 0.1) is 11.3 Å².